The molecule has 0 heterocycles. The largest absolute Gasteiger partial charge is 0.312 e. The van der Waals surface area contributed by atoms with E-state index in [1.54, 1.807) is 0 Å². The molecule has 3 rings (SSSR count). The molecular formula is C24H26FNS. The lowest BCUT2D eigenvalue weighted by atomic mass is 10.1. The van der Waals surface area contributed by atoms with Crippen molar-refractivity contribution in [3.63, 3.8) is 0 Å². The highest BCUT2D eigenvalue weighted by atomic mass is 32.2. The van der Waals surface area contributed by atoms with Crippen molar-refractivity contribution >= 4 is 11.8 Å². The van der Waals surface area contributed by atoms with Gasteiger partial charge in [0.15, 0.2) is 0 Å². The quantitative estimate of drug-likeness (QED) is 0.458. The Kier molecular flexibility index (Phi) is 7.94. The molecule has 3 aromatic carbocycles. The van der Waals surface area contributed by atoms with Crippen LogP contribution in [-0.2, 0) is 25.1 Å². The Morgan fingerprint density at radius 3 is 2.22 bits per heavy atom. The summed E-state index contributed by atoms with van der Waals surface area (Å²) in [6, 6.07) is 26.2. The number of rotatable bonds is 10. The molecule has 1 N–H and O–H groups in total. The first kappa shape index (κ1) is 19.7. The third kappa shape index (κ3) is 7.20. The molecule has 0 saturated heterocycles. The lowest BCUT2D eigenvalue weighted by molar-refractivity contribution is 0.626. The van der Waals surface area contributed by atoms with E-state index < -0.39 is 0 Å². The van der Waals surface area contributed by atoms with E-state index in [2.05, 4.69) is 59.9 Å². The second-order valence-electron chi connectivity index (χ2n) is 6.66. The standard InChI is InChI=1S/C24H26FNS/c25-24-11-9-21(10-12-24)13-15-26-18-22-7-4-8-23(17-22)19-27-16-14-20-5-2-1-3-6-20/h1-12,17,26H,13-16,18-19H2. The van der Waals surface area contributed by atoms with Crippen LogP contribution >= 0.6 is 11.8 Å². The number of aryl methyl sites for hydroxylation is 1. The van der Waals surface area contributed by atoms with Crippen LogP contribution in [0.1, 0.15) is 22.3 Å². The van der Waals surface area contributed by atoms with Gasteiger partial charge in [-0.1, -0.05) is 66.7 Å². The van der Waals surface area contributed by atoms with Crippen LogP contribution in [0, 0.1) is 5.82 Å². The number of hydrogen-bond acceptors (Lipinski definition) is 2. The third-order valence-electron chi connectivity index (χ3n) is 4.47. The van der Waals surface area contributed by atoms with E-state index >= 15 is 0 Å². The van der Waals surface area contributed by atoms with Gasteiger partial charge in [0.05, 0.1) is 0 Å². The highest BCUT2D eigenvalue weighted by Crippen LogP contribution is 2.15. The zero-order valence-electron chi connectivity index (χ0n) is 15.5. The molecule has 27 heavy (non-hydrogen) atoms. The maximum absolute atomic E-state index is 12.9. The molecule has 0 radical (unpaired) electrons. The molecular weight excluding hydrogens is 353 g/mol. The van der Waals surface area contributed by atoms with Gasteiger partial charge in [-0.3, -0.25) is 0 Å². The molecule has 0 aliphatic rings. The van der Waals surface area contributed by atoms with E-state index in [1.807, 2.05) is 23.9 Å². The number of halogens is 1. The Morgan fingerprint density at radius 1 is 0.704 bits per heavy atom. The fourth-order valence-corrected chi connectivity index (χ4v) is 3.91. The molecule has 3 heteroatoms. The van der Waals surface area contributed by atoms with Gasteiger partial charge < -0.3 is 5.32 Å². The molecule has 0 aliphatic carbocycles. The molecule has 140 valence electrons. The first-order chi connectivity index (χ1) is 13.3. The summed E-state index contributed by atoms with van der Waals surface area (Å²) in [5, 5.41) is 3.48. The summed E-state index contributed by atoms with van der Waals surface area (Å²) in [6.07, 6.45) is 2.03. The topological polar surface area (TPSA) is 12.0 Å². The number of hydrogen-bond donors (Lipinski definition) is 1. The van der Waals surface area contributed by atoms with E-state index in [0.717, 1.165) is 43.0 Å². The first-order valence-corrected chi connectivity index (χ1v) is 10.6. The maximum atomic E-state index is 12.9. The van der Waals surface area contributed by atoms with Crippen molar-refractivity contribution in [2.75, 3.05) is 12.3 Å². The fourth-order valence-electron chi connectivity index (χ4n) is 2.97. The Bertz CT molecular complexity index is 802. The lowest BCUT2D eigenvalue weighted by Crippen LogP contribution is -2.16. The van der Waals surface area contributed by atoms with Crippen LogP contribution in [0.2, 0.25) is 0 Å². The second kappa shape index (κ2) is 10.9. The Hall–Kier alpha value is -2.10. The molecule has 0 amide bonds. The predicted octanol–water partition coefficient (Wildman–Crippen LogP) is 5.63. The zero-order valence-corrected chi connectivity index (χ0v) is 16.4. The highest BCUT2D eigenvalue weighted by molar-refractivity contribution is 7.98. The molecule has 1 nitrogen and oxygen atoms in total. The van der Waals surface area contributed by atoms with Gasteiger partial charge >= 0.3 is 0 Å². The smallest absolute Gasteiger partial charge is 0.123 e. The summed E-state index contributed by atoms with van der Waals surface area (Å²) in [5.41, 5.74) is 5.26. The van der Waals surface area contributed by atoms with Gasteiger partial charge in [-0.15, -0.1) is 0 Å². The maximum Gasteiger partial charge on any atom is 0.123 e. The van der Waals surface area contributed by atoms with Crippen molar-refractivity contribution in [2.24, 2.45) is 0 Å². The lowest BCUT2D eigenvalue weighted by Gasteiger charge is -2.08. The SMILES string of the molecule is Fc1ccc(CCNCc2cccc(CSCCc3ccccc3)c2)cc1. The monoisotopic (exact) mass is 379 g/mol. The fraction of sp³-hybridized carbons (Fsp3) is 0.250. The molecule has 0 bridgehead atoms. The van der Waals surface area contributed by atoms with Crippen LogP contribution in [0.25, 0.3) is 0 Å². The van der Waals surface area contributed by atoms with Gasteiger partial charge in [0.1, 0.15) is 5.82 Å². The summed E-state index contributed by atoms with van der Waals surface area (Å²) in [7, 11) is 0. The van der Waals surface area contributed by atoms with Crippen LogP contribution in [0.5, 0.6) is 0 Å². The van der Waals surface area contributed by atoms with Gasteiger partial charge in [-0.25, -0.2) is 4.39 Å². The molecule has 0 aromatic heterocycles. The van der Waals surface area contributed by atoms with E-state index in [0.29, 0.717) is 0 Å². The zero-order chi connectivity index (χ0) is 18.7. The van der Waals surface area contributed by atoms with E-state index in [4.69, 9.17) is 0 Å². The average molecular weight is 380 g/mol. The van der Waals surface area contributed by atoms with Crippen molar-refractivity contribution in [3.8, 4) is 0 Å². The molecule has 0 aliphatic heterocycles. The summed E-state index contributed by atoms with van der Waals surface area (Å²) >= 11 is 1.99. The summed E-state index contributed by atoms with van der Waals surface area (Å²) in [6.45, 7) is 1.76. The van der Waals surface area contributed by atoms with Gasteiger partial charge in [0.25, 0.3) is 0 Å². The minimum atomic E-state index is -0.176. The Labute approximate surface area is 166 Å². The third-order valence-corrected chi connectivity index (χ3v) is 5.50. The normalized spacial score (nSPS) is 10.9. The van der Waals surface area contributed by atoms with Crippen molar-refractivity contribution < 1.29 is 4.39 Å². The summed E-state index contributed by atoms with van der Waals surface area (Å²) < 4.78 is 12.9. The van der Waals surface area contributed by atoms with Crippen molar-refractivity contribution in [2.45, 2.75) is 25.1 Å². The van der Waals surface area contributed by atoms with Crippen LogP contribution in [0.4, 0.5) is 4.39 Å². The van der Waals surface area contributed by atoms with Gasteiger partial charge in [-0.05, 0) is 59.5 Å². The number of nitrogens with one attached hydrogen (secondary N) is 1. The molecule has 0 atom stereocenters. The van der Waals surface area contributed by atoms with E-state index in [1.165, 1.54) is 28.8 Å². The van der Waals surface area contributed by atoms with Crippen LogP contribution in [0.3, 0.4) is 0 Å². The molecule has 0 spiro atoms. The number of benzene rings is 3. The minimum absolute atomic E-state index is 0.176. The highest BCUT2D eigenvalue weighted by Gasteiger charge is 1.99. The molecule has 3 aromatic rings. The van der Waals surface area contributed by atoms with E-state index in [9.17, 15) is 4.39 Å². The van der Waals surface area contributed by atoms with Crippen molar-refractivity contribution in [1.29, 1.82) is 0 Å². The molecule has 0 saturated carbocycles. The number of thioether (sulfide) groups is 1. The molecule has 0 unspecified atom stereocenters. The van der Waals surface area contributed by atoms with Gasteiger partial charge in [-0.2, -0.15) is 11.8 Å². The second-order valence-corrected chi connectivity index (χ2v) is 7.77. The van der Waals surface area contributed by atoms with Crippen molar-refractivity contribution in [3.05, 3.63) is 107 Å². The first-order valence-electron chi connectivity index (χ1n) is 9.44. The minimum Gasteiger partial charge on any atom is -0.312 e. The Morgan fingerprint density at radius 2 is 1.41 bits per heavy atom. The predicted molar refractivity (Wildman–Crippen MR) is 115 cm³/mol. The summed E-state index contributed by atoms with van der Waals surface area (Å²) in [4.78, 5) is 0. The van der Waals surface area contributed by atoms with Crippen LogP contribution in [-0.4, -0.2) is 12.3 Å². The Balaban J connectivity index is 1.36. The summed E-state index contributed by atoms with van der Waals surface area (Å²) in [5.74, 6) is 2.02. The van der Waals surface area contributed by atoms with Crippen LogP contribution < -0.4 is 5.32 Å². The van der Waals surface area contributed by atoms with Gasteiger partial charge in [0.2, 0.25) is 0 Å². The molecule has 0 fully saturated rings. The van der Waals surface area contributed by atoms with E-state index in [-0.39, 0.29) is 5.82 Å². The average Bonchev–Trinajstić information content (AvgIpc) is 2.71. The van der Waals surface area contributed by atoms with Gasteiger partial charge in [0, 0.05) is 12.3 Å². The van der Waals surface area contributed by atoms with Crippen LogP contribution in [0.15, 0.2) is 78.9 Å². The van der Waals surface area contributed by atoms with Crippen molar-refractivity contribution in [1.82, 2.24) is 5.32 Å².